The number of aromatic nitrogens is 2. The highest BCUT2D eigenvalue weighted by molar-refractivity contribution is 5.69. The monoisotopic (exact) mass is 386 g/mol. The van der Waals surface area contributed by atoms with Crippen molar-refractivity contribution in [3.8, 4) is 11.4 Å². The fourth-order valence-electron chi connectivity index (χ4n) is 2.90. The van der Waals surface area contributed by atoms with Gasteiger partial charge in [0.1, 0.15) is 6.61 Å². The Labute approximate surface area is 161 Å². The third-order valence-corrected chi connectivity index (χ3v) is 4.29. The van der Waals surface area contributed by atoms with E-state index in [0.717, 1.165) is 23.5 Å². The van der Waals surface area contributed by atoms with Crippen LogP contribution in [0.5, 0.6) is 5.75 Å². The van der Waals surface area contributed by atoms with Crippen LogP contribution in [0.3, 0.4) is 0 Å². The van der Waals surface area contributed by atoms with Gasteiger partial charge in [-0.3, -0.25) is 4.79 Å². The molecule has 1 atom stereocenters. The van der Waals surface area contributed by atoms with Gasteiger partial charge in [-0.15, -0.1) is 0 Å². The van der Waals surface area contributed by atoms with Crippen molar-refractivity contribution in [3.63, 3.8) is 0 Å². The number of carbonyl (C=O) groups is 1. The number of hydrogen-bond acceptors (Lipinski definition) is 3. The van der Waals surface area contributed by atoms with Crippen LogP contribution in [0, 0.1) is 24.5 Å². The first-order chi connectivity index (χ1) is 13.3. The molecule has 0 aliphatic carbocycles. The smallest absolute Gasteiger partial charge is 0.306 e. The van der Waals surface area contributed by atoms with E-state index >= 15 is 0 Å². The Balaban J connectivity index is 1.80. The van der Waals surface area contributed by atoms with Gasteiger partial charge in [-0.1, -0.05) is 25.1 Å². The number of carboxylic acid groups (broad SMARTS) is 1. The summed E-state index contributed by atoms with van der Waals surface area (Å²) < 4.78 is 35.8. The lowest BCUT2D eigenvalue weighted by Crippen LogP contribution is -2.13. The maximum absolute atomic E-state index is 14.4. The summed E-state index contributed by atoms with van der Waals surface area (Å²) in [6, 6.07) is 13.4. The molecular weight excluding hydrogens is 366 g/mol. The van der Waals surface area contributed by atoms with Gasteiger partial charge in [0.15, 0.2) is 17.4 Å². The van der Waals surface area contributed by atoms with E-state index in [-0.39, 0.29) is 18.6 Å². The van der Waals surface area contributed by atoms with Gasteiger partial charge in [0.05, 0.1) is 23.0 Å². The van der Waals surface area contributed by atoms with Crippen molar-refractivity contribution in [1.82, 2.24) is 9.78 Å². The zero-order valence-electron chi connectivity index (χ0n) is 15.5. The van der Waals surface area contributed by atoms with E-state index in [1.807, 2.05) is 37.3 Å². The fourth-order valence-corrected chi connectivity index (χ4v) is 2.90. The van der Waals surface area contributed by atoms with Crippen molar-refractivity contribution >= 4 is 5.97 Å². The lowest BCUT2D eigenvalue weighted by molar-refractivity contribution is -0.141. The van der Waals surface area contributed by atoms with E-state index in [0.29, 0.717) is 5.69 Å². The van der Waals surface area contributed by atoms with Crippen LogP contribution < -0.4 is 4.74 Å². The van der Waals surface area contributed by atoms with Gasteiger partial charge >= 0.3 is 5.97 Å². The molecule has 0 saturated heterocycles. The molecule has 3 aromatic rings. The zero-order chi connectivity index (χ0) is 20.3. The summed E-state index contributed by atoms with van der Waals surface area (Å²) in [7, 11) is 0. The largest absolute Gasteiger partial charge is 0.481 e. The molecule has 0 fully saturated rings. The van der Waals surface area contributed by atoms with Crippen LogP contribution in [0.2, 0.25) is 0 Å². The number of aliphatic carboxylic acids is 1. The Morgan fingerprint density at radius 1 is 1.18 bits per heavy atom. The number of ether oxygens (including phenoxy) is 1. The molecule has 1 aromatic heterocycles. The van der Waals surface area contributed by atoms with Crippen molar-refractivity contribution in [2.24, 2.45) is 5.92 Å². The van der Waals surface area contributed by atoms with Crippen molar-refractivity contribution < 1.29 is 23.4 Å². The third kappa shape index (κ3) is 4.36. The summed E-state index contributed by atoms with van der Waals surface area (Å²) in [6.07, 6.45) is 0.0312. The number of hydrogen-bond donors (Lipinski definition) is 1. The van der Waals surface area contributed by atoms with Gasteiger partial charge in [-0.05, 0) is 49.2 Å². The SMILES string of the molecule is Cc1cc(COc2c(F)cc(CC(C)C(=O)O)cc2F)n(-c2ccccc2)n1. The van der Waals surface area contributed by atoms with Crippen molar-refractivity contribution in [2.75, 3.05) is 0 Å². The van der Waals surface area contributed by atoms with E-state index < -0.39 is 29.3 Å². The van der Waals surface area contributed by atoms with Crippen molar-refractivity contribution in [1.29, 1.82) is 0 Å². The maximum atomic E-state index is 14.4. The highest BCUT2D eigenvalue weighted by Crippen LogP contribution is 2.26. The van der Waals surface area contributed by atoms with E-state index in [2.05, 4.69) is 5.10 Å². The number of para-hydroxylation sites is 1. The minimum Gasteiger partial charge on any atom is -0.481 e. The molecule has 0 radical (unpaired) electrons. The quantitative estimate of drug-likeness (QED) is 0.658. The molecule has 3 rings (SSSR count). The fraction of sp³-hybridized carbons (Fsp3) is 0.238. The molecule has 1 heterocycles. The van der Waals surface area contributed by atoms with Gasteiger partial charge < -0.3 is 9.84 Å². The summed E-state index contributed by atoms with van der Waals surface area (Å²) in [6.45, 7) is 3.23. The Morgan fingerprint density at radius 3 is 2.43 bits per heavy atom. The van der Waals surface area contributed by atoms with E-state index in [1.165, 1.54) is 6.92 Å². The maximum Gasteiger partial charge on any atom is 0.306 e. The molecule has 0 bridgehead atoms. The lowest BCUT2D eigenvalue weighted by Gasteiger charge is -2.12. The van der Waals surface area contributed by atoms with Crippen molar-refractivity contribution in [2.45, 2.75) is 26.9 Å². The normalized spacial score (nSPS) is 12.0. The topological polar surface area (TPSA) is 64.3 Å². The molecule has 146 valence electrons. The van der Waals surface area contributed by atoms with E-state index in [1.54, 1.807) is 10.7 Å². The average Bonchev–Trinajstić information content (AvgIpc) is 3.02. The zero-order valence-corrected chi connectivity index (χ0v) is 15.5. The first-order valence-electron chi connectivity index (χ1n) is 8.79. The second-order valence-electron chi connectivity index (χ2n) is 6.65. The summed E-state index contributed by atoms with van der Waals surface area (Å²) in [4.78, 5) is 10.9. The molecular formula is C21H20F2N2O3. The van der Waals surface area contributed by atoms with Crippen LogP contribution in [0.25, 0.3) is 5.69 Å². The minimum absolute atomic E-state index is 0.0312. The summed E-state index contributed by atoms with van der Waals surface area (Å²) in [5.41, 5.74) is 2.48. The van der Waals surface area contributed by atoms with Crippen LogP contribution in [0.15, 0.2) is 48.5 Å². The molecule has 0 amide bonds. The Kier molecular flexibility index (Phi) is 5.73. The molecule has 28 heavy (non-hydrogen) atoms. The molecule has 0 spiro atoms. The number of aryl methyl sites for hydroxylation is 1. The second-order valence-corrected chi connectivity index (χ2v) is 6.65. The van der Waals surface area contributed by atoms with E-state index in [9.17, 15) is 13.6 Å². The molecule has 1 unspecified atom stereocenters. The molecule has 0 aliphatic rings. The summed E-state index contributed by atoms with van der Waals surface area (Å²) >= 11 is 0. The van der Waals surface area contributed by atoms with Gasteiger partial charge in [0, 0.05) is 0 Å². The molecule has 7 heteroatoms. The number of nitrogens with zero attached hydrogens (tertiary/aromatic N) is 2. The van der Waals surface area contributed by atoms with E-state index in [4.69, 9.17) is 9.84 Å². The first kappa shape index (κ1) is 19.5. The molecule has 0 aliphatic heterocycles. The van der Waals surface area contributed by atoms with Crippen molar-refractivity contribution in [3.05, 3.63) is 77.1 Å². The predicted molar refractivity (Wildman–Crippen MR) is 99.5 cm³/mol. The Morgan fingerprint density at radius 2 is 1.82 bits per heavy atom. The van der Waals surface area contributed by atoms with Crippen LogP contribution in [0.1, 0.15) is 23.9 Å². The number of halogens is 2. The van der Waals surface area contributed by atoms with Gasteiger partial charge in [0.25, 0.3) is 0 Å². The van der Waals surface area contributed by atoms with Crippen LogP contribution in [0.4, 0.5) is 8.78 Å². The molecule has 2 aromatic carbocycles. The molecule has 5 nitrogen and oxygen atoms in total. The number of rotatable bonds is 7. The summed E-state index contributed by atoms with van der Waals surface area (Å²) in [5.74, 6) is -3.99. The lowest BCUT2D eigenvalue weighted by atomic mass is 10.0. The molecule has 0 saturated carbocycles. The average molecular weight is 386 g/mol. The van der Waals surface area contributed by atoms with Crippen LogP contribution in [-0.2, 0) is 17.8 Å². The van der Waals surface area contributed by atoms with Crippen LogP contribution in [-0.4, -0.2) is 20.9 Å². The minimum atomic E-state index is -1.02. The highest BCUT2D eigenvalue weighted by Gasteiger charge is 2.18. The number of carboxylic acids is 1. The standard InChI is InChI=1S/C21H20F2N2O3/c1-13(21(26)27)8-15-10-18(22)20(19(23)11-15)28-12-17-9-14(2)24-25(17)16-6-4-3-5-7-16/h3-7,9-11,13H,8,12H2,1-2H3,(H,26,27). The second kappa shape index (κ2) is 8.21. The Hall–Kier alpha value is -3.22. The molecule has 1 N–H and O–H groups in total. The highest BCUT2D eigenvalue weighted by atomic mass is 19.1. The van der Waals surface area contributed by atoms with Gasteiger partial charge in [-0.2, -0.15) is 5.10 Å². The summed E-state index contributed by atoms with van der Waals surface area (Å²) in [5, 5.41) is 13.3. The first-order valence-corrected chi connectivity index (χ1v) is 8.79. The predicted octanol–water partition coefficient (Wildman–Crippen LogP) is 4.30. The number of benzene rings is 2. The Bertz CT molecular complexity index is 964. The van der Waals surface area contributed by atoms with Crippen LogP contribution >= 0.6 is 0 Å². The van der Waals surface area contributed by atoms with Gasteiger partial charge in [0.2, 0.25) is 0 Å². The third-order valence-electron chi connectivity index (χ3n) is 4.29. The van der Waals surface area contributed by atoms with Gasteiger partial charge in [-0.25, -0.2) is 13.5 Å².